The molecule has 0 spiro atoms. The molecule has 0 saturated carbocycles. The molecule has 0 aromatic rings. The first-order valence-electron chi connectivity index (χ1n) is 6.09. The highest BCUT2D eigenvalue weighted by Gasteiger charge is 2.23. The molecule has 0 rings (SSSR count). The molecule has 0 aromatic carbocycles. The van der Waals surface area contributed by atoms with Crippen LogP contribution in [0, 0.1) is 5.92 Å². The number of primary amides is 1. The van der Waals surface area contributed by atoms with Crippen molar-refractivity contribution in [1.82, 2.24) is 10.6 Å². The van der Waals surface area contributed by atoms with Crippen LogP contribution in [0.1, 0.15) is 26.7 Å². The average molecular weight is 256 g/mol. The minimum Gasteiger partial charge on any atom is -0.380 e. The topological polar surface area (TPSA) is 110 Å². The van der Waals surface area contributed by atoms with Gasteiger partial charge in [0.05, 0.1) is 0 Å². The Balaban J connectivity index is 4.55. The van der Waals surface area contributed by atoms with Crippen molar-refractivity contribution in [3.8, 4) is 0 Å². The Bertz CT molecular complexity index is 292. The largest absolute Gasteiger partial charge is 0.380 e. The van der Waals surface area contributed by atoms with Crippen molar-refractivity contribution in [3.05, 3.63) is 12.8 Å². The quantitative estimate of drug-likeness (QED) is 0.444. The molecule has 0 bridgehead atoms. The summed E-state index contributed by atoms with van der Waals surface area (Å²) in [5.74, 6) is -0.494. The number of nitrogens with two attached hydrogens (primary N) is 2. The van der Waals surface area contributed by atoms with Crippen molar-refractivity contribution in [2.45, 2.75) is 38.8 Å². The highest BCUT2D eigenvalue weighted by atomic mass is 16.2. The van der Waals surface area contributed by atoms with E-state index < -0.39 is 18.0 Å². The number of hydrogen-bond acceptors (Lipinski definition) is 4. The van der Waals surface area contributed by atoms with Crippen LogP contribution >= 0.6 is 0 Å². The second-order valence-electron chi connectivity index (χ2n) is 4.59. The molecule has 0 aliphatic rings. The van der Waals surface area contributed by atoms with Gasteiger partial charge in [0.2, 0.25) is 11.8 Å². The second-order valence-corrected chi connectivity index (χ2v) is 4.59. The molecule has 2 amide bonds. The number of carbonyl (C=O) groups excluding carboxylic acids is 2. The Morgan fingerprint density at radius 1 is 1.33 bits per heavy atom. The zero-order chi connectivity index (χ0) is 14.1. The van der Waals surface area contributed by atoms with E-state index in [9.17, 15) is 9.59 Å². The van der Waals surface area contributed by atoms with Crippen LogP contribution in [0.5, 0.6) is 0 Å². The molecule has 0 aliphatic heterocycles. The van der Waals surface area contributed by atoms with Crippen LogP contribution < -0.4 is 22.1 Å². The molecule has 0 fully saturated rings. The van der Waals surface area contributed by atoms with Crippen molar-refractivity contribution in [2.24, 2.45) is 17.4 Å². The standard InChI is InChI=1S/C12H24N4O2/c1-4-15-10(7-8(2)3)12(18)16-9(5-6-13)11(14)17/h4,8-10,15H,1,5-7,13H2,2-3H3,(H2,14,17)(H,16,18). The Morgan fingerprint density at radius 2 is 1.94 bits per heavy atom. The maximum absolute atomic E-state index is 12.0. The third-order valence-corrected chi connectivity index (χ3v) is 2.46. The predicted molar refractivity (Wildman–Crippen MR) is 71.4 cm³/mol. The van der Waals surface area contributed by atoms with Gasteiger partial charge < -0.3 is 22.1 Å². The van der Waals surface area contributed by atoms with Crippen molar-refractivity contribution < 1.29 is 9.59 Å². The summed E-state index contributed by atoms with van der Waals surface area (Å²) < 4.78 is 0. The van der Waals surface area contributed by atoms with E-state index in [2.05, 4.69) is 17.2 Å². The smallest absolute Gasteiger partial charge is 0.243 e. The Morgan fingerprint density at radius 3 is 2.33 bits per heavy atom. The normalized spacial score (nSPS) is 13.8. The van der Waals surface area contributed by atoms with Crippen LogP contribution in [0.3, 0.4) is 0 Å². The third-order valence-electron chi connectivity index (χ3n) is 2.46. The summed E-state index contributed by atoms with van der Waals surface area (Å²) in [6, 6.07) is -1.13. The van der Waals surface area contributed by atoms with Gasteiger partial charge in [-0.15, -0.1) is 0 Å². The van der Waals surface area contributed by atoms with Crippen LogP contribution in [0.25, 0.3) is 0 Å². The average Bonchev–Trinajstić information content (AvgIpc) is 2.27. The molecule has 0 heterocycles. The van der Waals surface area contributed by atoms with Gasteiger partial charge in [-0.3, -0.25) is 9.59 Å². The molecule has 0 aromatic heterocycles. The van der Waals surface area contributed by atoms with Crippen molar-refractivity contribution in [3.63, 3.8) is 0 Å². The van der Waals surface area contributed by atoms with Crippen molar-refractivity contribution in [1.29, 1.82) is 0 Å². The van der Waals surface area contributed by atoms with Gasteiger partial charge in [-0.2, -0.15) is 0 Å². The van der Waals surface area contributed by atoms with Crippen LogP contribution in [0.4, 0.5) is 0 Å². The van der Waals surface area contributed by atoms with Crippen LogP contribution in [-0.2, 0) is 9.59 Å². The summed E-state index contributed by atoms with van der Waals surface area (Å²) in [7, 11) is 0. The molecule has 18 heavy (non-hydrogen) atoms. The molecular weight excluding hydrogens is 232 g/mol. The van der Waals surface area contributed by atoms with E-state index in [1.165, 1.54) is 6.20 Å². The van der Waals surface area contributed by atoms with Gasteiger partial charge in [0.25, 0.3) is 0 Å². The highest BCUT2D eigenvalue weighted by molar-refractivity contribution is 5.89. The predicted octanol–water partition coefficient (Wildman–Crippen LogP) is -0.547. The summed E-state index contributed by atoms with van der Waals surface area (Å²) >= 11 is 0. The van der Waals surface area contributed by atoms with E-state index in [1.807, 2.05) is 13.8 Å². The minimum absolute atomic E-state index is 0.263. The fourth-order valence-electron chi connectivity index (χ4n) is 1.59. The molecule has 0 radical (unpaired) electrons. The third kappa shape index (κ3) is 6.24. The SMILES string of the molecule is C=CNC(CC(C)C)C(=O)NC(CCN)C(N)=O. The number of amides is 2. The van der Waals surface area contributed by atoms with Crippen LogP contribution in [0.2, 0.25) is 0 Å². The van der Waals surface area contributed by atoms with E-state index in [0.717, 1.165) is 0 Å². The lowest BCUT2D eigenvalue weighted by atomic mass is 10.0. The molecular formula is C12H24N4O2. The van der Waals surface area contributed by atoms with E-state index in [-0.39, 0.29) is 12.5 Å². The van der Waals surface area contributed by atoms with Gasteiger partial charge in [-0.05, 0) is 31.5 Å². The molecule has 2 atom stereocenters. The first kappa shape index (κ1) is 16.4. The van der Waals surface area contributed by atoms with Crippen molar-refractivity contribution in [2.75, 3.05) is 6.54 Å². The lowest BCUT2D eigenvalue weighted by molar-refractivity contribution is -0.128. The molecule has 6 N–H and O–H groups in total. The first-order valence-corrected chi connectivity index (χ1v) is 6.09. The summed E-state index contributed by atoms with van der Waals surface area (Å²) in [6.45, 7) is 7.85. The molecule has 6 heteroatoms. The first-order chi connectivity index (χ1) is 8.42. The van der Waals surface area contributed by atoms with Crippen LogP contribution in [0.15, 0.2) is 12.8 Å². The summed E-state index contributed by atoms with van der Waals surface area (Å²) in [6.07, 6.45) is 2.45. The van der Waals surface area contributed by atoms with E-state index in [1.54, 1.807) is 0 Å². The minimum atomic E-state index is -0.719. The van der Waals surface area contributed by atoms with Gasteiger partial charge in [0.1, 0.15) is 12.1 Å². The summed E-state index contributed by atoms with van der Waals surface area (Å²) in [4.78, 5) is 23.1. The molecule has 6 nitrogen and oxygen atoms in total. The maximum Gasteiger partial charge on any atom is 0.243 e. The zero-order valence-electron chi connectivity index (χ0n) is 11.1. The summed E-state index contributed by atoms with van der Waals surface area (Å²) in [5, 5.41) is 5.47. The number of carbonyl (C=O) groups is 2. The second kappa shape index (κ2) is 8.52. The molecule has 104 valence electrons. The molecule has 0 saturated heterocycles. The lowest BCUT2D eigenvalue weighted by Gasteiger charge is -2.22. The van der Waals surface area contributed by atoms with Crippen molar-refractivity contribution >= 4 is 11.8 Å². The Labute approximate surface area is 108 Å². The fourth-order valence-corrected chi connectivity index (χ4v) is 1.59. The number of nitrogens with one attached hydrogen (secondary N) is 2. The van der Waals surface area contributed by atoms with Gasteiger partial charge >= 0.3 is 0 Å². The fraction of sp³-hybridized carbons (Fsp3) is 0.667. The number of rotatable bonds is 9. The molecule has 0 aliphatic carbocycles. The van der Waals surface area contributed by atoms with E-state index in [0.29, 0.717) is 18.8 Å². The Hall–Kier alpha value is -1.56. The highest BCUT2D eigenvalue weighted by Crippen LogP contribution is 2.05. The van der Waals surface area contributed by atoms with Crippen LogP contribution in [-0.4, -0.2) is 30.4 Å². The maximum atomic E-state index is 12.0. The van der Waals surface area contributed by atoms with Gasteiger partial charge in [-0.1, -0.05) is 20.4 Å². The van der Waals surface area contributed by atoms with E-state index >= 15 is 0 Å². The van der Waals surface area contributed by atoms with E-state index in [4.69, 9.17) is 11.5 Å². The van der Waals surface area contributed by atoms with Gasteiger partial charge in [-0.25, -0.2) is 0 Å². The Kier molecular flexibility index (Phi) is 7.78. The number of hydrogen-bond donors (Lipinski definition) is 4. The lowest BCUT2D eigenvalue weighted by Crippen LogP contribution is -2.51. The van der Waals surface area contributed by atoms with Gasteiger partial charge in [0.15, 0.2) is 0 Å². The molecule has 2 unspecified atom stereocenters. The monoisotopic (exact) mass is 256 g/mol. The van der Waals surface area contributed by atoms with Gasteiger partial charge in [0, 0.05) is 0 Å². The zero-order valence-corrected chi connectivity index (χ0v) is 11.1. The summed E-state index contributed by atoms with van der Waals surface area (Å²) in [5.41, 5.74) is 10.6.